The molecule has 2 aromatic carbocycles. The Bertz CT molecular complexity index is 1770. The molecule has 1 aromatic heterocycles. The van der Waals surface area contributed by atoms with Crippen molar-refractivity contribution in [2.45, 2.75) is 97.2 Å². The van der Waals surface area contributed by atoms with Crippen molar-refractivity contribution < 1.29 is 37.6 Å². The number of hydrogen-bond donors (Lipinski definition) is 0. The molecule has 0 aliphatic carbocycles. The van der Waals surface area contributed by atoms with Crippen LogP contribution in [-0.4, -0.2) is 43.3 Å². The number of allylic oxidation sites excluding steroid dienone is 3. The third-order valence-corrected chi connectivity index (χ3v) is 9.73. The molecule has 2 saturated heterocycles. The number of furan rings is 1. The van der Waals surface area contributed by atoms with Gasteiger partial charge in [0.2, 0.25) is 5.79 Å². The molecule has 2 fully saturated rings. The molecule has 1 spiro atoms. The van der Waals surface area contributed by atoms with Crippen LogP contribution in [0.3, 0.4) is 0 Å². The number of hydrogen-bond acceptors (Lipinski definition) is 8. The van der Waals surface area contributed by atoms with Gasteiger partial charge in [0.15, 0.2) is 0 Å². The first kappa shape index (κ1) is 34.6. The lowest BCUT2D eigenvalue weighted by atomic mass is 9.94. The summed E-state index contributed by atoms with van der Waals surface area (Å²) >= 11 is 0. The quantitative estimate of drug-likeness (QED) is 0.0899. The SMILES string of the molecule is C/C=C\c1ccc(OC/C=C(\C)CCC2OC3(C=Cc4c(cc5occc5c4OC/C=C(\C)CCC4OC4(C)C)O3)CC2C)cc1OC=O. The Labute approximate surface area is 289 Å². The molecule has 3 aliphatic heterocycles. The highest BCUT2D eigenvalue weighted by Gasteiger charge is 2.47. The molecular formula is C41H48O8. The first-order chi connectivity index (χ1) is 23.6. The van der Waals surface area contributed by atoms with E-state index < -0.39 is 5.79 Å². The highest BCUT2D eigenvalue weighted by atomic mass is 16.7. The van der Waals surface area contributed by atoms with Crippen molar-refractivity contribution in [1.29, 1.82) is 0 Å². The first-order valence-electron chi connectivity index (χ1n) is 17.3. The molecule has 4 unspecified atom stereocenters. The molecule has 260 valence electrons. The number of rotatable bonds is 15. The van der Waals surface area contributed by atoms with Gasteiger partial charge in [0.1, 0.15) is 41.8 Å². The van der Waals surface area contributed by atoms with Crippen LogP contribution in [-0.2, 0) is 14.3 Å². The summed E-state index contributed by atoms with van der Waals surface area (Å²) < 4.78 is 42.3. The van der Waals surface area contributed by atoms with Crippen molar-refractivity contribution >= 4 is 29.6 Å². The normalized spacial score (nSPS) is 24.3. The van der Waals surface area contributed by atoms with Crippen LogP contribution in [0, 0.1) is 5.92 Å². The fourth-order valence-corrected chi connectivity index (χ4v) is 6.71. The van der Waals surface area contributed by atoms with Crippen LogP contribution in [0.4, 0.5) is 0 Å². The van der Waals surface area contributed by atoms with Crippen LogP contribution in [0.1, 0.15) is 84.8 Å². The van der Waals surface area contributed by atoms with Crippen LogP contribution in [0.25, 0.3) is 23.1 Å². The number of carbonyl (C=O) groups is 1. The Balaban J connectivity index is 1.04. The maximum atomic E-state index is 10.9. The average molecular weight is 669 g/mol. The molecule has 49 heavy (non-hydrogen) atoms. The summed E-state index contributed by atoms with van der Waals surface area (Å²) in [6.07, 6.45) is 18.7. The zero-order valence-electron chi connectivity index (χ0n) is 29.5. The molecule has 4 atom stereocenters. The number of benzene rings is 2. The second kappa shape index (κ2) is 14.7. The van der Waals surface area contributed by atoms with E-state index in [1.54, 1.807) is 12.3 Å². The Morgan fingerprint density at radius 2 is 1.76 bits per heavy atom. The topological polar surface area (TPSA) is 88.9 Å². The van der Waals surface area contributed by atoms with Gasteiger partial charge in [0.25, 0.3) is 6.47 Å². The zero-order valence-corrected chi connectivity index (χ0v) is 29.5. The molecular weight excluding hydrogens is 620 g/mol. The molecule has 3 aromatic rings. The third-order valence-electron chi connectivity index (χ3n) is 9.73. The van der Waals surface area contributed by atoms with E-state index in [4.69, 9.17) is 32.8 Å². The van der Waals surface area contributed by atoms with Crippen molar-refractivity contribution in [3.8, 4) is 23.0 Å². The lowest BCUT2D eigenvalue weighted by Crippen LogP contribution is -2.35. The molecule has 0 saturated carbocycles. The summed E-state index contributed by atoms with van der Waals surface area (Å²) in [7, 11) is 0. The Morgan fingerprint density at radius 1 is 1.00 bits per heavy atom. The van der Waals surface area contributed by atoms with E-state index in [1.807, 2.05) is 49.4 Å². The van der Waals surface area contributed by atoms with Gasteiger partial charge in [-0.3, -0.25) is 4.79 Å². The fraction of sp³-hybridized carbons (Fsp3) is 0.439. The van der Waals surface area contributed by atoms with Crippen molar-refractivity contribution in [2.24, 2.45) is 5.92 Å². The molecule has 3 aliphatic rings. The summed E-state index contributed by atoms with van der Waals surface area (Å²) in [5.74, 6) is 2.05. The summed E-state index contributed by atoms with van der Waals surface area (Å²) in [6, 6.07) is 9.36. The van der Waals surface area contributed by atoms with Crippen molar-refractivity contribution in [3.63, 3.8) is 0 Å². The minimum absolute atomic E-state index is 0.0185. The smallest absolute Gasteiger partial charge is 0.298 e. The minimum atomic E-state index is -0.828. The van der Waals surface area contributed by atoms with E-state index in [0.29, 0.717) is 49.0 Å². The van der Waals surface area contributed by atoms with Crippen LogP contribution >= 0.6 is 0 Å². The molecule has 8 nitrogen and oxygen atoms in total. The van der Waals surface area contributed by atoms with Crippen molar-refractivity contribution in [3.05, 3.63) is 83.2 Å². The van der Waals surface area contributed by atoms with E-state index >= 15 is 0 Å². The second-order valence-corrected chi connectivity index (χ2v) is 14.0. The molecule has 0 bridgehead atoms. The van der Waals surface area contributed by atoms with Crippen LogP contribution < -0.4 is 18.9 Å². The molecule has 4 heterocycles. The maximum Gasteiger partial charge on any atom is 0.298 e. The van der Waals surface area contributed by atoms with E-state index in [2.05, 4.69) is 52.8 Å². The number of ether oxygens (including phenoxy) is 6. The predicted octanol–water partition coefficient (Wildman–Crippen LogP) is 9.62. The molecule has 6 rings (SSSR count). The molecule has 8 heteroatoms. The predicted molar refractivity (Wildman–Crippen MR) is 191 cm³/mol. The lowest BCUT2D eigenvalue weighted by Gasteiger charge is -2.31. The molecule has 0 amide bonds. The van der Waals surface area contributed by atoms with Gasteiger partial charge in [-0.05, 0) is 109 Å². The molecule has 0 N–H and O–H groups in total. The second-order valence-electron chi connectivity index (χ2n) is 14.0. The highest BCUT2D eigenvalue weighted by Crippen LogP contribution is 2.48. The van der Waals surface area contributed by atoms with Gasteiger partial charge in [-0.25, -0.2) is 0 Å². The van der Waals surface area contributed by atoms with E-state index in [0.717, 1.165) is 59.9 Å². The Hall–Kier alpha value is -4.27. The maximum absolute atomic E-state index is 10.9. The summed E-state index contributed by atoms with van der Waals surface area (Å²) in [4.78, 5) is 10.9. The van der Waals surface area contributed by atoms with Gasteiger partial charge >= 0.3 is 0 Å². The standard InChI is InChI=1S/C41H48O8/c1-7-8-30-11-12-31(23-35(30)46-26-42)43-20-16-27(2)9-13-34-29(4)25-41(47-34)19-15-32-37(48-41)24-36-33(18-22-44-36)39(32)45-21-17-28(3)10-14-38-40(5,6)49-38/h7-8,11-12,15-19,22-24,26,29,34,38H,9-10,13-14,20-21,25H2,1-6H3/b8-7-,27-16+,28-17+. The monoisotopic (exact) mass is 668 g/mol. The van der Waals surface area contributed by atoms with E-state index in [-0.39, 0.29) is 11.7 Å². The zero-order chi connectivity index (χ0) is 34.6. The summed E-state index contributed by atoms with van der Waals surface area (Å²) in [5, 5.41) is 0.923. The van der Waals surface area contributed by atoms with Gasteiger partial charge in [-0.15, -0.1) is 0 Å². The van der Waals surface area contributed by atoms with Crippen molar-refractivity contribution in [1.82, 2.24) is 0 Å². The largest absolute Gasteiger partial charge is 0.489 e. The Morgan fingerprint density at radius 3 is 2.49 bits per heavy atom. The van der Waals surface area contributed by atoms with Crippen LogP contribution in [0.2, 0.25) is 0 Å². The fourth-order valence-electron chi connectivity index (χ4n) is 6.71. The third kappa shape index (κ3) is 8.14. The molecule has 0 radical (unpaired) electrons. The van der Waals surface area contributed by atoms with Gasteiger partial charge in [-0.1, -0.05) is 30.2 Å². The highest BCUT2D eigenvalue weighted by molar-refractivity contribution is 5.91. The lowest BCUT2D eigenvalue weighted by molar-refractivity contribution is -0.139. The number of fused-ring (bicyclic) bond motifs is 2. The van der Waals surface area contributed by atoms with Gasteiger partial charge in [0, 0.05) is 24.1 Å². The van der Waals surface area contributed by atoms with Gasteiger partial charge in [-0.2, -0.15) is 0 Å². The minimum Gasteiger partial charge on any atom is -0.489 e. The van der Waals surface area contributed by atoms with Crippen molar-refractivity contribution in [2.75, 3.05) is 13.2 Å². The number of epoxide rings is 1. The van der Waals surface area contributed by atoms with Gasteiger partial charge in [0.05, 0.1) is 35.0 Å². The van der Waals surface area contributed by atoms with Gasteiger partial charge < -0.3 is 32.8 Å². The summed E-state index contributed by atoms with van der Waals surface area (Å²) in [6.45, 7) is 14.0. The summed E-state index contributed by atoms with van der Waals surface area (Å²) in [5.41, 5.74) is 4.96. The van der Waals surface area contributed by atoms with E-state index in [9.17, 15) is 4.79 Å². The van der Waals surface area contributed by atoms with Crippen LogP contribution in [0.15, 0.2) is 76.5 Å². The number of carbonyl (C=O) groups excluding carboxylic acids is 1. The first-order valence-corrected chi connectivity index (χ1v) is 17.3. The van der Waals surface area contributed by atoms with E-state index in [1.165, 1.54) is 11.1 Å². The Kier molecular flexibility index (Phi) is 10.4. The van der Waals surface area contributed by atoms with Crippen LogP contribution in [0.5, 0.6) is 23.0 Å². The average Bonchev–Trinajstić information content (AvgIpc) is 3.32.